The number of nitrogens with one attached hydrogen (secondary N) is 3. The van der Waals surface area contributed by atoms with Gasteiger partial charge in [0.1, 0.15) is 17.5 Å². The van der Waals surface area contributed by atoms with E-state index in [1.165, 1.54) is 0 Å². The van der Waals surface area contributed by atoms with Gasteiger partial charge in [-0.05, 0) is 23.8 Å². The van der Waals surface area contributed by atoms with E-state index < -0.39 is 0 Å². The predicted octanol–water partition coefficient (Wildman–Crippen LogP) is 4.99. The topological polar surface area (TPSA) is 150 Å². The molecule has 0 unspecified atom stereocenters. The number of fused-ring (bicyclic) bond motifs is 3. The molecule has 0 amide bonds. The standard InChI is InChI=1S/C25H27N11/c1-10(2)16-13-7-15(29-20(13)27-9-26-16)22-31-18(12(5)6)19-23(34-22)35-25(32-19)24-30-17(11(3)4)14-8-28-36-21(14)33-24/h7-12H,1-6H3,(H,26,27,29)(H,28,30,33,36)(H,31,32,34,35). The van der Waals surface area contributed by atoms with Crippen LogP contribution in [-0.4, -0.2) is 55.1 Å². The second kappa shape index (κ2) is 8.14. The summed E-state index contributed by atoms with van der Waals surface area (Å²) in [5.74, 6) is 2.21. The van der Waals surface area contributed by atoms with E-state index in [1.807, 2.05) is 6.07 Å². The highest BCUT2D eigenvalue weighted by Crippen LogP contribution is 2.31. The van der Waals surface area contributed by atoms with Crippen LogP contribution in [0.25, 0.3) is 56.4 Å². The highest BCUT2D eigenvalue weighted by Gasteiger charge is 2.21. The summed E-state index contributed by atoms with van der Waals surface area (Å²) in [5, 5.41) is 9.00. The molecule has 0 atom stereocenters. The van der Waals surface area contributed by atoms with Gasteiger partial charge in [0, 0.05) is 5.39 Å². The van der Waals surface area contributed by atoms with Crippen LogP contribution in [0.1, 0.15) is 76.4 Å². The van der Waals surface area contributed by atoms with Crippen LogP contribution in [0.5, 0.6) is 0 Å². The van der Waals surface area contributed by atoms with Gasteiger partial charge in [-0.3, -0.25) is 5.10 Å². The minimum absolute atomic E-state index is 0.128. The van der Waals surface area contributed by atoms with Crippen molar-refractivity contribution in [3.63, 3.8) is 0 Å². The molecule has 0 bridgehead atoms. The Morgan fingerprint density at radius 1 is 0.639 bits per heavy atom. The Bertz CT molecular complexity index is 1740. The second-order valence-corrected chi connectivity index (χ2v) is 9.95. The van der Waals surface area contributed by atoms with E-state index in [0.717, 1.165) is 39.2 Å². The van der Waals surface area contributed by atoms with Gasteiger partial charge < -0.3 is 9.97 Å². The van der Waals surface area contributed by atoms with Gasteiger partial charge in [0.2, 0.25) is 0 Å². The molecular weight excluding hydrogens is 454 g/mol. The zero-order valence-corrected chi connectivity index (χ0v) is 21.0. The second-order valence-electron chi connectivity index (χ2n) is 9.95. The van der Waals surface area contributed by atoms with Crippen molar-refractivity contribution >= 4 is 33.2 Å². The molecule has 0 aliphatic heterocycles. The summed E-state index contributed by atoms with van der Waals surface area (Å²) in [6.45, 7) is 12.6. The molecular formula is C25H27N11. The zero-order valence-electron chi connectivity index (χ0n) is 21.0. The lowest BCUT2D eigenvalue weighted by atomic mass is 10.1. The molecule has 6 aromatic heterocycles. The molecule has 0 aliphatic carbocycles. The third-order valence-electron chi connectivity index (χ3n) is 6.26. The SMILES string of the molecule is CC(C)c1nc(-c2nc3c(C(C)C)nc(-c4cc5c(C(C)C)ncnc5[nH]4)nc3[nH]2)nc2[nH]ncc12. The monoisotopic (exact) mass is 481 g/mol. The zero-order chi connectivity index (χ0) is 25.1. The molecule has 0 aromatic carbocycles. The molecule has 11 heteroatoms. The van der Waals surface area contributed by atoms with E-state index in [2.05, 4.69) is 76.7 Å². The van der Waals surface area contributed by atoms with E-state index in [9.17, 15) is 0 Å². The van der Waals surface area contributed by atoms with Gasteiger partial charge in [0.25, 0.3) is 0 Å². The average Bonchev–Trinajstić information content (AvgIpc) is 3.59. The van der Waals surface area contributed by atoms with Crippen LogP contribution in [0.3, 0.4) is 0 Å². The minimum atomic E-state index is 0.128. The first-order valence-electron chi connectivity index (χ1n) is 12.1. The Kier molecular flexibility index (Phi) is 5.02. The van der Waals surface area contributed by atoms with Crippen LogP contribution in [-0.2, 0) is 0 Å². The summed E-state index contributed by atoms with van der Waals surface area (Å²) < 4.78 is 0. The van der Waals surface area contributed by atoms with Gasteiger partial charge in [0.05, 0.1) is 34.4 Å². The van der Waals surface area contributed by atoms with Crippen LogP contribution in [0.4, 0.5) is 0 Å². The van der Waals surface area contributed by atoms with Crippen molar-refractivity contribution in [3.05, 3.63) is 35.7 Å². The third kappa shape index (κ3) is 3.50. The molecule has 3 N–H and O–H groups in total. The first-order valence-corrected chi connectivity index (χ1v) is 12.1. The molecule has 0 aliphatic rings. The molecule has 11 nitrogen and oxygen atoms in total. The van der Waals surface area contributed by atoms with Crippen LogP contribution in [0.15, 0.2) is 18.6 Å². The summed E-state index contributed by atoms with van der Waals surface area (Å²) in [7, 11) is 0. The van der Waals surface area contributed by atoms with Crippen molar-refractivity contribution in [1.82, 2.24) is 55.1 Å². The number of hydrogen-bond acceptors (Lipinski definition) is 8. The summed E-state index contributed by atoms with van der Waals surface area (Å²) in [5.41, 5.74) is 6.33. The summed E-state index contributed by atoms with van der Waals surface area (Å²) in [4.78, 5) is 39.6. The van der Waals surface area contributed by atoms with E-state index in [1.54, 1.807) is 12.5 Å². The minimum Gasteiger partial charge on any atom is -0.337 e. The number of H-pyrrole nitrogens is 3. The Balaban J connectivity index is 1.53. The highest BCUT2D eigenvalue weighted by atomic mass is 15.2. The van der Waals surface area contributed by atoms with E-state index >= 15 is 0 Å². The van der Waals surface area contributed by atoms with Crippen molar-refractivity contribution in [1.29, 1.82) is 0 Å². The molecule has 0 fully saturated rings. The van der Waals surface area contributed by atoms with Gasteiger partial charge in [-0.2, -0.15) is 5.10 Å². The van der Waals surface area contributed by atoms with Crippen LogP contribution in [0.2, 0.25) is 0 Å². The Labute approximate surface area is 206 Å². The normalized spacial score (nSPS) is 12.4. The number of aromatic nitrogens is 11. The van der Waals surface area contributed by atoms with Crippen LogP contribution in [0, 0.1) is 0 Å². The van der Waals surface area contributed by atoms with E-state index in [-0.39, 0.29) is 17.8 Å². The molecule has 6 aromatic rings. The third-order valence-corrected chi connectivity index (χ3v) is 6.26. The molecule has 182 valence electrons. The lowest BCUT2D eigenvalue weighted by Gasteiger charge is -2.07. The smallest absolute Gasteiger partial charge is 0.198 e. The Morgan fingerprint density at radius 2 is 1.36 bits per heavy atom. The molecule has 0 spiro atoms. The first kappa shape index (κ1) is 22.2. The maximum atomic E-state index is 4.90. The van der Waals surface area contributed by atoms with Gasteiger partial charge in [-0.25, -0.2) is 34.9 Å². The van der Waals surface area contributed by atoms with Crippen molar-refractivity contribution in [2.45, 2.75) is 59.3 Å². The molecule has 0 saturated heterocycles. The number of nitrogens with zero attached hydrogens (tertiary/aromatic N) is 8. The lowest BCUT2D eigenvalue weighted by Crippen LogP contribution is -2.00. The Hall–Kier alpha value is -4.28. The molecule has 0 saturated carbocycles. The van der Waals surface area contributed by atoms with Gasteiger partial charge in [-0.15, -0.1) is 0 Å². The summed E-state index contributed by atoms with van der Waals surface area (Å²) in [6.07, 6.45) is 3.35. The highest BCUT2D eigenvalue weighted by molar-refractivity contribution is 5.86. The van der Waals surface area contributed by atoms with Gasteiger partial charge in [-0.1, -0.05) is 41.5 Å². The van der Waals surface area contributed by atoms with Gasteiger partial charge >= 0.3 is 0 Å². The van der Waals surface area contributed by atoms with Crippen molar-refractivity contribution in [3.8, 4) is 23.2 Å². The van der Waals surface area contributed by atoms with E-state index in [0.29, 0.717) is 34.3 Å². The summed E-state index contributed by atoms with van der Waals surface area (Å²) >= 11 is 0. The number of rotatable bonds is 5. The lowest BCUT2D eigenvalue weighted by molar-refractivity contribution is 0.826. The fourth-order valence-electron chi connectivity index (χ4n) is 4.49. The van der Waals surface area contributed by atoms with E-state index in [4.69, 9.17) is 19.9 Å². The fourth-order valence-corrected chi connectivity index (χ4v) is 4.49. The van der Waals surface area contributed by atoms with Crippen LogP contribution >= 0.6 is 0 Å². The maximum absolute atomic E-state index is 4.90. The summed E-state index contributed by atoms with van der Waals surface area (Å²) in [6, 6.07) is 2.03. The van der Waals surface area contributed by atoms with Crippen molar-refractivity contribution in [2.75, 3.05) is 0 Å². The number of hydrogen-bond donors (Lipinski definition) is 3. The van der Waals surface area contributed by atoms with Crippen molar-refractivity contribution < 1.29 is 0 Å². The number of aromatic amines is 3. The average molecular weight is 482 g/mol. The quantitative estimate of drug-likeness (QED) is 0.311. The molecule has 6 rings (SSSR count). The molecule has 36 heavy (non-hydrogen) atoms. The largest absolute Gasteiger partial charge is 0.337 e. The molecule has 6 heterocycles. The van der Waals surface area contributed by atoms with Gasteiger partial charge in [0.15, 0.2) is 28.8 Å². The first-order chi connectivity index (χ1) is 17.3. The fraction of sp³-hybridized carbons (Fsp3) is 0.360. The number of imidazole rings is 1. The van der Waals surface area contributed by atoms with Crippen molar-refractivity contribution in [2.24, 2.45) is 0 Å². The van der Waals surface area contributed by atoms with Crippen LogP contribution < -0.4 is 0 Å². The maximum Gasteiger partial charge on any atom is 0.198 e. The molecule has 0 radical (unpaired) electrons. The predicted molar refractivity (Wildman–Crippen MR) is 138 cm³/mol. The Morgan fingerprint density at radius 3 is 2.11 bits per heavy atom.